The largest absolute Gasteiger partial charge is 0.343 e. The molecule has 8 nitrogen and oxygen atoms in total. The summed E-state index contributed by atoms with van der Waals surface area (Å²) in [7, 11) is 0. The number of anilines is 1. The summed E-state index contributed by atoms with van der Waals surface area (Å²) in [6.45, 7) is 1.88. The molecule has 0 aromatic carbocycles. The minimum Gasteiger partial charge on any atom is -0.343 e. The van der Waals surface area contributed by atoms with Gasteiger partial charge in [0.1, 0.15) is 5.82 Å². The summed E-state index contributed by atoms with van der Waals surface area (Å²) in [6.07, 6.45) is 1.49. The first-order valence-corrected chi connectivity index (χ1v) is 5.19. The maximum absolute atomic E-state index is 11.8. The Bertz CT molecular complexity index is 553. The Hall–Kier alpha value is -2.48. The van der Waals surface area contributed by atoms with Crippen molar-refractivity contribution in [2.24, 2.45) is 5.84 Å². The van der Waals surface area contributed by atoms with Crippen LogP contribution in [0.25, 0.3) is 0 Å². The number of carbonyl (C=O) groups is 1. The van der Waals surface area contributed by atoms with Gasteiger partial charge in [0.25, 0.3) is 5.91 Å². The first-order valence-electron chi connectivity index (χ1n) is 5.19. The molecule has 2 aromatic rings. The van der Waals surface area contributed by atoms with Crippen LogP contribution >= 0.6 is 0 Å². The van der Waals surface area contributed by atoms with E-state index in [1.807, 2.05) is 0 Å². The first-order chi connectivity index (χ1) is 8.69. The predicted octanol–water partition coefficient (Wildman–Crippen LogP) is -0.0114. The summed E-state index contributed by atoms with van der Waals surface area (Å²) < 4.78 is 4.87. The SMILES string of the molecule is Cc1noc(CNC(=O)c2ccnc(NN)c2)n1. The van der Waals surface area contributed by atoms with E-state index in [2.05, 4.69) is 25.9 Å². The van der Waals surface area contributed by atoms with Crippen molar-refractivity contribution in [2.45, 2.75) is 13.5 Å². The quantitative estimate of drug-likeness (QED) is 0.514. The van der Waals surface area contributed by atoms with Gasteiger partial charge in [0, 0.05) is 11.8 Å². The van der Waals surface area contributed by atoms with E-state index in [0.717, 1.165) is 0 Å². The van der Waals surface area contributed by atoms with E-state index in [1.54, 1.807) is 13.0 Å². The molecule has 0 fully saturated rings. The molecule has 94 valence electrons. The zero-order valence-corrected chi connectivity index (χ0v) is 9.67. The molecule has 0 saturated heterocycles. The van der Waals surface area contributed by atoms with Crippen molar-refractivity contribution in [3.8, 4) is 0 Å². The lowest BCUT2D eigenvalue weighted by Crippen LogP contribution is -2.23. The van der Waals surface area contributed by atoms with Crippen LogP contribution in [0.2, 0.25) is 0 Å². The highest BCUT2D eigenvalue weighted by molar-refractivity contribution is 5.94. The molecular weight excluding hydrogens is 236 g/mol. The summed E-state index contributed by atoms with van der Waals surface area (Å²) in [6, 6.07) is 3.11. The molecule has 2 rings (SSSR count). The summed E-state index contributed by atoms with van der Waals surface area (Å²) in [5, 5.41) is 6.27. The Morgan fingerprint density at radius 3 is 3.06 bits per heavy atom. The molecule has 0 aliphatic carbocycles. The number of nitrogens with one attached hydrogen (secondary N) is 2. The zero-order valence-electron chi connectivity index (χ0n) is 9.67. The third-order valence-electron chi connectivity index (χ3n) is 2.14. The normalized spacial score (nSPS) is 10.1. The lowest BCUT2D eigenvalue weighted by Gasteiger charge is -2.04. The highest BCUT2D eigenvalue weighted by atomic mass is 16.5. The van der Waals surface area contributed by atoms with E-state index < -0.39 is 0 Å². The number of hydrazine groups is 1. The minimum atomic E-state index is -0.273. The van der Waals surface area contributed by atoms with E-state index in [-0.39, 0.29) is 12.5 Å². The van der Waals surface area contributed by atoms with Crippen molar-refractivity contribution in [1.82, 2.24) is 20.4 Å². The number of rotatable bonds is 4. The lowest BCUT2D eigenvalue weighted by atomic mass is 10.2. The monoisotopic (exact) mass is 248 g/mol. The first kappa shape index (κ1) is 12.0. The number of nitrogen functional groups attached to an aromatic ring is 1. The Morgan fingerprint density at radius 2 is 2.39 bits per heavy atom. The van der Waals surface area contributed by atoms with Crippen molar-refractivity contribution in [2.75, 3.05) is 5.43 Å². The number of amides is 1. The van der Waals surface area contributed by atoms with Crippen LogP contribution in [-0.4, -0.2) is 21.0 Å². The van der Waals surface area contributed by atoms with Crippen LogP contribution in [0.4, 0.5) is 5.82 Å². The highest BCUT2D eigenvalue weighted by Crippen LogP contribution is 2.05. The molecule has 0 unspecified atom stereocenters. The molecule has 1 amide bonds. The molecule has 0 aliphatic heterocycles. The number of nitrogens with zero attached hydrogens (tertiary/aromatic N) is 3. The second-order valence-corrected chi connectivity index (χ2v) is 3.49. The number of pyridine rings is 1. The van der Waals surface area contributed by atoms with Gasteiger partial charge >= 0.3 is 0 Å². The summed E-state index contributed by atoms with van der Waals surface area (Å²) in [4.78, 5) is 19.7. The van der Waals surface area contributed by atoms with Crippen molar-refractivity contribution < 1.29 is 9.32 Å². The van der Waals surface area contributed by atoms with E-state index in [0.29, 0.717) is 23.1 Å². The van der Waals surface area contributed by atoms with Crippen LogP contribution < -0.4 is 16.6 Å². The number of carbonyl (C=O) groups excluding carboxylic acids is 1. The third-order valence-corrected chi connectivity index (χ3v) is 2.14. The van der Waals surface area contributed by atoms with Crippen LogP contribution in [0.3, 0.4) is 0 Å². The van der Waals surface area contributed by atoms with Crippen LogP contribution in [0, 0.1) is 6.92 Å². The van der Waals surface area contributed by atoms with E-state index >= 15 is 0 Å². The maximum atomic E-state index is 11.8. The highest BCUT2D eigenvalue weighted by Gasteiger charge is 2.08. The molecule has 0 spiro atoms. The van der Waals surface area contributed by atoms with Gasteiger partial charge in [-0.1, -0.05) is 5.16 Å². The Kier molecular flexibility index (Phi) is 3.49. The lowest BCUT2D eigenvalue weighted by molar-refractivity contribution is 0.0946. The Balaban J connectivity index is 1.99. The molecule has 0 bridgehead atoms. The average molecular weight is 248 g/mol. The number of aryl methyl sites for hydroxylation is 1. The van der Waals surface area contributed by atoms with Crippen LogP contribution in [0.15, 0.2) is 22.9 Å². The van der Waals surface area contributed by atoms with Crippen LogP contribution in [0.5, 0.6) is 0 Å². The van der Waals surface area contributed by atoms with Gasteiger partial charge in [-0.2, -0.15) is 4.98 Å². The van der Waals surface area contributed by atoms with Crippen molar-refractivity contribution in [3.05, 3.63) is 35.6 Å². The fraction of sp³-hybridized carbons (Fsp3) is 0.200. The fourth-order valence-corrected chi connectivity index (χ4v) is 1.32. The molecule has 18 heavy (non-hydrogen) atoms. The van der Waals surface area contributed by atoms with Gasteiger partial charge in [0.2, 0.25) is 5.89 Å². The number of hydrogen-bond donors (Lipinski definition) is 3. The van der Waals surface area contributed by atoms with Gasteiger partial charge < -0.3 is 15.3 Å². The second-order valence-electron chi connectivity index (χ2n) is 3.49. The zero-order chi connectivity index (χ0) is 13.0. The predicted molar refractivity (Wildman–Crippen MR) is 62.3 cm³/mol. The van der Waals surface area contributed by atoms with Crippen molar-refractivity contribution in [3.63, 3.8) is 0 Å². The van der Waals surface area contributed by atoms with Gasteiger partial charge in [-0.3, -0.25) is 4.79 Å². The molecular formula is C10H12N6O2. The number of aromatic nitrogens is 3. The molecule has 2 heterocycles. The summed E-state index contributed by atoms with van der Waals surface area (Å²) in [5.74, 6) is 6.23. The Labute approximate surface area is 103 Å². The molecule has 0 atom stereocenters. The molecule has 4 N–H and O–H groups in total. The summed E-state index contributed by atoms with van der Waals surface area (Å²) >= 11 is 0. The van der Waals surface area contributed by atoms with Gasteiger partial charge in [-0.15, -0.1) is 0 Å². The van der Waals surface area contributed by atoms with Gasteiger partial charge in [-0.05, 0) is 19.1 Å². The van der Waals surface area contributed by atoms with E-state index in [4.69, 9.17) is 10.4 Å². The number of hydrogen-bond acceptors (Lipinski definition) is 7. The second kappa shape index (κ2) is 5.23. The van der Waals surface area contributed by atoms with Gasteiger partial charge in [0.05, 0.1) is 6.54 Å². The topological polar surface area (TPSA) is 119 Å². The third kappa shape index (κ3) is 2.80. The average Bonchev–Trinajstić information content (AvgIpc) is 2.82. The van der Waals surface area contributed by atoms with Gasteiger partial charge in [0.15, 0.2) is 5.82 Å². The maximum Gasteiger partial charge on any atom is 0.251 e. The van der Waals surface area contributed by atoms with Crippen LogP contribution in [-0.2, 0) is 6.54 Å². The Morgan fingerprint density at radius 1 is 1.56 bits per heavy atom. The molecule has 2 aromatic heterocycles. The fourth-order valence-electron chi connectivity index (χ4n) is 1.32. The molecule has 0 aliphatic rings. The van der Waals surface area contributed by atoms with E-state index in [9.17, 15) is 4.79 Å². The molecule has 8 heteroatoms. The minimum absolute atomic E-state index is 0.174. The summed E-state index contributed by atoms with van der Waals surface area (Å²) in [5.41, 5.74) is 2.81. The van der Waals surface area contributed by atoms with Crippen LogP contribution in [0.1, 0.15) is 22.1 Å². The molecule has 0 radical (unpaired) electrons. The number of nitrogens with two attached hydrogens (primary N) is 1. The van der Waals surface area contributed by atoms with Crippen molar-refractivity contribution in [1.29, 1.82) is 0 Å². The van der Waals surface area contributed by atoms with Gasteiger partial charge in [-0.25, -0.2) is 10.8 Å². The molecule has 0 saturated carbocycles. The van der Waals surface area contributed by atoms with Crippen molar-refractivity contribution >= 4 is 11.7 Å². The van der Waals surface area contributed by atoms with E-state index in [1.165, 1.54) is 12.3 Å². The standard InChI is InChI=1S/C10H12N6O2/c1-6-14-9(18-16-6)5-13-10(17)7-2-3-12-8(4-7)15-11/h2-4H,5,11H2,1H3,(H,12,15)(H,13,17). The smallest absolute Gasteiger partial charge is 0.251 e.